The molecule has 5 heteroatoms. The molecule has 0 aromatic rings. The number of ketones is 1. The van der Waals surface area contributed by atoms with E-state index in [1.54, 1.807) is 4.90 Å². The van der Waals surface area contributed by atoms with E-state index in [1.165, 1.54) is 0 Å². The first kappa shape index (κ1) is 15.3. The summed E-state index contributed by atoms with van der Waals surface area (Å²) in [6, 6.07) is -0.417. The number of nitrogens with zero attached hydrogens (tertiary/aromatic N) is 1. The molecule has 1 heterocycles. The fraction of sp³-hybridized carbons (Fsp3) is 0.846. The number of carbonyl (C=O) groups is 2. The molecule has 104 valence electrons. The highest BCUT2D eigenvalue weighted by atomic mass is 35.5. The Labute approximate surface area is 114 Å². The molecular weight excluding hydrogens is 254 g/mol. The molecule has 0 bridgehead atoms. The summed E-state index contributed by atoms with van der Waals surface area (Å²) in [5, 5.41) is 0. The maximum absolute atomic E-state index is 12.1. The minimum absolute atomic E-state index is 0.0516. The molecule has 0 aromatic heterocycles. The summed E-state index contributed by atoms with van der Waals surface area (Å²) in [5.74, 6) is -0.145. The molecule has 1 aliphatic heterocycles. The van der Waals surface area contributed by atoms with Crippen LogP contribution in [-0.4, -0.2) is 40.8 Å². The Balaban J connectivity index is 2.79. The van der Waals surface area contributed by atoms with Crippen LogP contribution in [0.4, 0.5) is 4.79 Å². The van der Waals surface area contributed by atoms with Gasteiger partial charge in [0.1, 0.15) is 5.60 Å². The van der Waals surface area contributed by atoms with Gasteiger partial charge in [-0.25, -0.2) is 4.79 Å². The third-order valence-corrected chi connectivity index (χ3v) is 3.15. The second-order valence-electron chi connectivity index (χ2n) is 5.64. The number of alkyl halides is 1. The molecule has 0 N–H and O–H groups in total. The predicted octanol–water partition coefficient (Wildman–Crippen LogP) is 2.97. The van der Waals surface area contributed by atoms with Crippen LogP contribution in [0.5, 0.6) is 0 Å². The van der Waals surface area contributed by atoms with E-state index < -0.39 is 17.7 Å². The topological polar surface area (TPSA) is 46.6 Å². The van der Waals surface area contributed by atoms with Gasteiger partial charge < -0.3 is 4.74 Å². The van der Waals surface area contributed by atoms with Gasteiger partial charge in [0.05, 0.1) is 11.9 Å². The van der Waals surface area contributed by atoms with Crippen LogP contribution in [0.1, 0.15) is 46.5 Å². The van der Waals surface area contributed by atoms with Crippen LogP contribution in [0, 0.1) is 0 Å². The van der Waals surface area contributed by atoms with Crippen molar-refractivity contribution in [1.29, 1.82) is 0 Å². The van der Waals surface area contributed by atoms with Crippen LogP contribution >= 0.6 is 11.6 Å². The number of hydrogen-bond donors (Lipinski definition) is 0. The first-order valence-corrected chi connectivity index (χ1v) is 6.97. The van der Waals surface area contributed by atoms with Crippen LogP contribution in [0.25, 0.3) is 0 Å². The van der Waals surface area contributed by atoms with Crippen molar-refractivity contribution < 1.29 is 14.3 Å². The number of hydrogen-bond acceptors (Lipinski definition) is 3. The molecule has 0 saturated carbocycles. The van der Waals surface area contributed by atoms with E-state index in [2.05, 4.69) is 0 Å². The van der Waals surface area contributed by atoms with Gasteiger partial charge in [-0.15, -0.1) is 11.6 Å². The van der Waals surface area contributed by atoms with Gasteiger partial charge in [-0.2, -0.15) is 0 Å². The Morgan fingerprint density at radius 3 is 2.50 bits per heavy atom. The molecule has 1 fully saturated rings. The number of ether oxygens (including phenoxy) is 1. The van der Waals surface area contributed by atoms with Gasteiger partial charge in [-0.05, 0) is 33.6 Å². The molecule has 1 unspecified atom stereocenters. The zero-order valence-corrected chi connectivity index (χ0v) is 12.1. The maximum Gasteiger partial charge on any atom is 0.410 e. The van der Waals surface area contributed by atoms with Crippen molar-refractivity contribution in [2.45, 2.75) is 58.1 Å². The number of Topliss-reactive ketones (excluding diaryl/α,β-unsaturated/α-hetero) is 1. The average Bonchev–Trinajstić information content (AvgIpc) is 2.50. The Bertz CT molecular complexity index is 312. The summed E-state index contributed by atoms with van der Waals surface area (Å²) in [4.78, 5) is 25.5. The van der Waals surface area contributed by atoms with E-state index in [0.29, 0.717) is 13.0 Å². The third-order valence-electron chi connectivity index (χ3n) is 2.88. The molecule has 0 aliphatic carbocycles. The molecule has 0 radical (unpaired) electrons. The van der Waals surface area contributed by atoms with E-state index in [-0.39, 0.29) is 11.7 Å². The number of rotatable bonds is 2. The van der Waals surface area contributed by atoms with Gasteiger partial charge in [-0.1, -0.05) is 12.8 Å². The van der Waals surface area contributed by atoms with Crippen molar-refractivity contribution in [3.8, 4) is 0 Å². The van der Waals surface area contributed by atoms with E-state index in [1.807, 2.05) is 20.8 Å². The van der Waals surface area contributed by atoms with Crippen molar-refractivity contribution in [2.75, 3.05) is 12.4 Å². The van der Waals surface area contributed by atoms with Gasteiger partial charge in [0.2, 0.25) is 0 Å². The summed E-state index contributed by atoms with van der Waals surface area (Å²) < 4.78 is 5.35. The summed E-state index contributed by atoms with van der Waals surface area (Å²) in [6.45, 7) is 6.03. The second kappa shape index (κ2) is 6.41. The standard InChI is InChI=1S/C13H22ClNO3/c1-13(2,3)18-12(17)15-8-6-4-5-7-10(15)11(16)9-14/h10H,4-9H2,1-3H3. The zero-order valence-electron chi connectivity index (χ0n) is 11.4. The van der Waals surface area contributed by atoms with Gasteiger partial charge in [0.15, 0.2) is 5.78 Å². The van der Waals surface area contributed by atoms with Crippen molar-refractivity contribution in [1.82, 2.24) is 4.90 Å². The van der Waals surface area contributed by atoms with E-state index in [4.69, 9.17) is 16.3 Å². The van der Waals surface area contributed by atoms with Gasteiger partial charge in [0, 0.05) is 6.54 Å². The number of amides is 1. The fourth-order valence-corrected chi connectivity index (χ4v) is 2.25. The lowest BCUT2D eigenvalue weighted by molar-refractivity contribution is -0.122. The quantitative estimate of drug-likeness (QED) is 0.728. The van der Waals surface area contributed by atoms with Crippen LogP contribution in [0.3, 0.4) is 0 Å². The monoisotopic (exact) mass is 275 g/mol. The number of likely N-dealkylation sites (tertiary alicyclic amines) is 1. The highest BCUT2D eigenvalue weighted by Crippen LogP contribution is 2.21. The highest BCUT2D eigenvalue weighted by molar-refractivity contribution is 6.28. The van der Waals surface area contributed by atoms with Crippen LogP contribution in [-0.2, 0) is 9.53 Å². The van der Waals surface area contributed by atoms with E-state index >= 15 is 0 Å². The van der Waals surface area contributed by atoms with E-state index in [9.17, 15) is 9.59 Å². The lowest BCUT2D eigenvalue weighted by Gasteiger charge is -2.31. The van der Waals surface area contributed by atoms with Crippen LogP contribution < -0.4 is 0 Å². The van der Waals surface area contributed by atoms with Crippen LogP contribution in [0.15, 0.2) is 0 Å². The first-order valence-electron chi connectivity index (χ1n) is 6.43. The summed E-state index contributed by atoms with van der Waals surface area (Å²) >= 11 is 5.61. The minimum atomic E-state index is -0.544. The van der Waals surface area contributed by atoms with E-state index in [0.717, 1.165) is 19.3 Å². The Morgan fingerprint density at radius 2 is 1.94 bits per heavy atom. The maximum atomic E-state index is 12.1. The fourth-order valence-electron chi connectivity index (χ4n) is 2.07. The normalized spacial score (nSPS) is 21.3. The summed E-state index contributed by atoms with van der Waals surface area (Å²) in [5.41, 5.74) is -0.544. The smallest absolute Gasteiger partial charge is 0.410 e. The Morgan fingerprint density at radius 1 is 1.28 bits per heavy atom. The molecule has 1 aliphatic rings. The molecule has 0 spiro atoms. The molecule has 1 amide bonds. The van der Waals surface area contributed by atoms with Crippen LogP contribution in [0.2, 0.25) is 0 Å². The molecule has 1 rings (SSSR count). The predicted molar refractivity (Wildman–Crippen MR) is 70.9 cm³/mol. The minimum Gasteiger partial charge on any atom is -0.444 e. The highest BCUT2D eigenvalue weighted by Gasteiger charge is 2.32. The molecule has 1 saturated heterocycles. The Kier molecular flexibility index (Phi) is 5.45. The van der Waals surface area contributed by atoms with Gasteiger partial charge in [-0.3, -0.25) is 9.69 Å². The summed E-state index contributed by atoms with van der Waals surface area (Å²) in [7, 11) is 0. The van der Waals surface area contributed by atoms with Gasteiger partial charge >= 0.3 is 6.09 Å². The lowest BCUT2D eigenvalue weighted by atomic mass is 10.1. The Hall–Kier alpha value is -0.770. The molecule has 0 aromatic carbocycles. The average molecular weight is 276 g/mol. The number of halogens is 1. The molecule has 4 nitrogen and oxygen atoms in total. The summed E-state index contributed by atoms with van der Waals surface area (Å²) in [6.07, 6.45) is 3.17. The SMILES string of the molecule is CC(C)(C)OC(=O)N1CCCCCC1C(=O)CCl. The second-order valence-corrected chi connectivity index (χ2v) is 5.91. The first-order chi connectivity index (χ1) is 8.35. The largest absolute Gasteiger partial charge is 0.444 e. The van der Waals surface area contributed by atoms with Crippen molar-refractivity contribution in [3.63, 3.8) is 0 Å². The molecular formula is C13H22ClNO3. The van der Waals surface area contributed by atoms with Crippen molar-refractivity contribution in [3.05, 3.63) is 0 Å². The van der Waals surface area contributed by atoms with Crippen molar-refractivity contribution in [2.24, 2.45) is 0 Å². The number of carbonyl (C=O) groups excluding carboxylic acids is 2. The van der Waals surface area contributed by atoms with Crippen molar-refractivity contribution >= 4 is 23.5 Å². The third kappa shape index (κ3) is 4.48. The zero-order chi connectivity index (χ0) is 13.8. The molecule has 18 heavy (non-hydrogen) atoms. The lowest BCUT2D eigenvalue weighted by Crippen LogP contribution is -2.47. The van der Waals surface area contributed by atoms with Gasteiger partial charge in [0.25, 0.3) is 0 Å². The molecule has 1 atom stereocenters.